The van der Waals surface area contributed by atoms with E-state index in [-0.39, 0.29) is 0 Å². The van der Waals surface area contributed by atoms with Crippen molar-refractivity contribution in [3.8, 4) is 5.75 Å². The predicted octanol–water partition coefficient (Wildman–Crippen LogP) is 4.77. The van der Waals surface area contributed by atoms with Crippen LogP contribution in [0.5, 0.6) is 5.75 Å². The Labute approximate surface area is 121 Å². The minimum Gasteiger partial charge on any atom is -0.496 e. The Kier molecular flexibility index (Phi) is 3.81. The highest BCUT2D eigenvalue weighted by Crippen LogP contribution is 2.37. The van der Waals surface area contributed by atoms with Crippen LogP contribution in [0.4, 0.5) is 5.69 Å². The largest absolute Gasteiger partial charge is 0.496 e. The summed E-state index contributed by atoms with van der Waals surface area (Å²) < 4.78 is 5.62. The maximum absolute atomic E-state index is 5.62. The van der Waals surface area contributed by atoms with Gasteiger partial charge >= 0.3 is 0 Å². The first-order valence-electron chi connectivity index (χ1n) is 7.60. The average Bonchev–Trinajstić information content (AvgIpc) is 3.18. The van der Waals surface area contributed by atoms with Gasteiger partial charge in [-0.05, 0) is 56.2 Å². The molecular weight excluding hydrogens is 246 g/mol. The molecule has 0 saturated carbocycles. The van der Waals surface area contributed by atoms with Crippen molar-refractivity contribution in [1.82, 2.24) is 0 Å². The summed E-state index contributed by atoms with van der Waals surface area (Å²) in [4.78, 5) is 2.29. The molecule has 0 atom stereocenters. The predicted molar refractivity (Wildman–Crippen MR) is 85.2 cm³/mol. The van der Waals surface area contributed by atoms with E-state index in [1.807, 2.05) is 0 Å². The number of methoxy groups -OCH3 is 1. The van der Waals surface area contributed by atoms with Gasteiger partial charge in [0, 0.05) is 30.1 Å². The summed E-state index contributed by atoms with van der Waals surface area (Å²) >= 11 is 0. The first-order chi connectivity index (χ1) is 9.79. The van der Waals surface area contributed by atoms with Crippen LogP contribution in [-0.2, 0) is 0 Å². The highest BCUT2D eigenvalue weighted by molar-refractivity contribution is 5.74. The maximum atomic E-state index is 5.62. The van der Waals surface area contributed by atoms with E-state index in [2.05, 4.69) is 42.3 Å². The van der Waals surface area contributed by atoms with Gasteiger partial charge in [0.2, 0.25) is 0 Å². The van der Waals surface area contributed by atoms with Crippen LogP contribution in [0, 0.1) is 0 Å². The summed E-state index contributed by atoms with van der Waals surface area (Å²) in [7, 11) is 3.92. The lowest BCUT2D eigenvalue weighted by Gasteiger charge is -2.22. The van der Waals surface area contributed by atoms with Crippen LogP contribution in [-0.4, -0.2) is 14.2 Å². The summed E-state index contributed by atoms with van der Waals surface area (Å²) in [5, 5.41) is 0. The first kappa shape index (κ1) is 13.3. The molecule has 20 heavy (non-hydrogen) atoms. The van der Waals surface area contributed by atoms with Gasteiger partial charge in [-0.3, -0.25) is 0 Å². The fourth-order valence-electron chi connectivity index (χ4n) is 3.19. The van der Waals surface area contributed by atoms with Crippen molar-refractivity contribution in [3.63, 3.8) is 0 Å². The molecule has 0 radical (unpaired) electrons. The molecule has 0 N–H and O–H groups in total. The highest BCUT2D eigenvalue weighted by Gasteiger charge is 2.16. The van der Waals surface area contributed by atoms with Gasteiger partial charge in [0.05, 0.1) is 7.11 Å². The van der Waals surface area contributed by atoms with E-state index in [0.717, 1.165) is 5.75 Å². The zero-order valence-electron chi connectivity index (χ0n) is 12.5. The second-order valence-electron chi connectivity index (χ2n) is 5.65. The molecule has 0 heterocycles. The summed E-state index contributed by atoms with van der Waals surface area (Å²) in [6.45, 7) is 0. The molecule has 0 spiro atoms. The van der Waals surface area contributed by atoms with E-state index >= 15 is 0 Å². The molecule has 0 unspecified atom stereocenters. The Hall–Kier alpha value is -1.70. The second-order valence-corrected chi connectivity index (χ2v) is 5.65. The monoisotopic (exact) mass is 269 g/mol. The van der Waals surface area contributed by atoms with Crippen LogP contribution in [0.15, 0.2) is 36.0 Å². The van der Waals surface area contributed by atoms with E-state index in [9.17, 15) is 0 Å². The lowest BCUT2D eigenvalue weighted by molar-refractivity contribution is 0.413. The molecule has 2 aliphatic carbocycles. The number of anilines is 1. The topological polar surface area (TPSA) is 12.5 Å². The fraction of sp³-hybridized carbons (Fsp3) is 0.444. The van der Waals surface area contributed by atoms with Crippen LogP contribution in [0.25, 0.3) is 5.57 Å². The standard InChI is InChI=1S/C18H23NO/c1-19(15-9-5-6-10-15)16-11-12-17(18(13-16)20-2)14-7-3-4-8-14/h7,9,11-13H,3-6,8,10H2,1-2H3. The second kappa shape index (κ2) is 5.74. The van der Waals surface area contributed by atoms with Crippen molar-refractivity contribution in [2.75, 3.05) is 19.1 Å². The van der Waals surface area contributed by atoms with Crippen molar-refractivity contribution in [1.29, 1.82) is 0 Å². The van der Waals surface area contributed by atoms with Gasteiger partial charge in [0.15, 0.2) is 0 Å². The van der Waals surface area contributed by atoms with Crippen molar-refractivity contribution >= 4 is 11.3 Å². The van der Waals surface area contributed by atoms with Crippen LogP contribution in [0.1, 0.15) is 44.1 Å². The molecule has 0 fully saturated rings. The van der Waals surface area contributed by atoms with Gasteiger partial charge in [-0.25, -0.2) is 0 Å². The number of benzene rings is 1. The molecule has 1 aromatic rings. The number of nitrogens with zero attached hydrogens (tertiary/aromatic N) is 1. The summed E-state index contributed by atoms with van der Waals surface area (Å²) in [6, 6.07) is 6.61. The molecule has 2 nitrogen and oxygen atoms in total. The third-order valence-electron chi connectivity index (χ3n) is 4.41. The number of hydrogen-bond donors (Lipinski definition) is 0. The molecule has 3 rings (SSSR count). The Morgan fingerprint density at radius 3 is 2.50 bits per heavy atom. The van der Waals surface area contributed by atoms with E-state index in [4.69, 9.17) is 4.74 Å². The maximum Gasteiger partial charge on any atom is 0.128 e. The van der Waals surface area contributed by atoms with Gasteiger partial charge in [-0.15, -0.1) is 0 Å². The molecule has 0 saturated heterocycles. The first-order valence-corrected chi connectivity index (χ1v) is 7.60. The fourth-order valence-corrected chi connectivity index (χ4v) is 3.19. The summed E-state index contributed by atoms with van der Waals surface area (Å²) in [6.07, 6.45) is 12.0. The number of ether oxygens (including phenoxy) is 1. The van der Waals surface area contributed by atoms with Crippen molar-refractivity contribution in [2.24, 2.45) is 0 Å². The molecule has 0 aliphatic heterocycles. The Bertz CT molecular complexity index is 557. The van der Waals surface area contributed by atoms with Gasteiger partial charge in [-0.2, -0.15) is 0 Å². The molecule has 2 aliphatic rings. The highest BCUT2D eigenvalue weighted by atomic mass is 16.5. The molecule has 0 amide bonds. The molecule has 0 bridgehead atoms. The Morgan fingerprint density at radius 2 is 1.85 bits per heavy atom. The van der Waals surface area contributed by atoms with Gasteiger partial charge in [0.1, 0.15) is 5.75 Å². The summed E-state index contributed by atoms with van der Waals surface area (Å²) in [5.74, 6) is 1.00. The number of allylic oxidation sites excluding steroid dienone is 4. The normalized spacial score (nSPS) is 17.9. The Morgan fingerprint density at radius 1 is 1.05 bits per heavy atom. The summed E-state index contributed by atoms with van der Waals surface area (Å²) in [5.41, 5.74) is 5.36. The van der Waals surface area contributed by atoms with Gasteiger partial charge in [-0.1, -0.05) is 12.2 Å². The molecule has 0 aromatic heterocycles. The van der Waals surface area contributed by atoms with Crippen molar-refractivity contribution in [3.05, 3.63) is 41.6 Å². The van der Waals surface area contributed by atoms with Crippen LogP contribution < -0.4 is 9.64 Å². The van der Waals surface area contributed by atoms with Crippen molar-refractivity contribution in [2.45, 2.75) is 38.5 Å². The number of rotatable bonds is 4. The van der Waals surface area contributed by atoms with Crippen molar-refractivity contribution < 1.29 is 4.74 Å². The third-order valence-corrected chi connectivity index (χ3v) is 4.41. The minimum absolute atomic E-state index is 1.00. The molecular formula is C18H23NO. The zero-order valence-corrected chi connectivity index (χ0v) is 12.5. The van der Waals surface area contributed by atoms with Gasteiger partial charge in [0.25, 0.3) is 0 Å². The molecule has 2 heteroatoms. The lowest BCUT2D eigenvalue weighted by atomic mass is 10.0. The third kappa shape index (κ3) is 2.47. The lowest BCUT2D eigenvalue weighted by Crippen LogP contribution is -2.15. The van der Waals surface area contributed by atoms with E-state index < -0.39 is 0 Å². The molecule has 1 aromatic carbocycles. The van der Waals surface area contributed by atoms with Gasteiger partial charge < -0.3 is 9.64 Å². The minimum atomic E-state index is 1.00. The van der Waals surface area contributed by atoms with E-state index in [0.29, 0.717) is 0 Å². The van der Waals surface area contributed by atoms with E-state index in [1.165, 1.54) is 61.0 Å². The zero-order chi connectivity index (χ0) is 13.9. The van der Waals surface area contributed by atoms with Crippen LogP contribution >= 0.6 is 0 Å². The smallest absolute Gasteiger partial charge is 0.128 e. The number of hydrogen-bond acceptors (Lipinski definition) is 2. The SMILES string of the molecule is COc1cc(N(C)C2=CCCC2)ccc1C1=CCCC1. The Balaban J connectivity index is 1.90. The van der Waals surface area contributed by atoms with Crippen LogP contribution in [0.3, 0.4) is 0 Å². The average molecular weight is 269 g/mol. The van der Waals surface area contributed by atoms with Crippen LogP contribution in [0.2, 0.25) is 0 Å². The van der Waals surface area contributed by atoms with E-state index in [1.54, 1.807) is 7.11 Å². The molecule has 106 valence electrons. The quantitative estimate of drug-likeness (QED) is 0.781.